The fourth-order valence-electron chi connectivity index (χ4n) is 4.79. The minimum atomic E-state index is -0.883. The molecule has 1 aliphatic heterocycles. The maximum Gasteiger partial charge on any atom is 0.295 e. The Morgan fingerprint density at radius 1 is 1.13 bits per heavy atom. The largest absolute Gasteiger partial charge is 0.507 e. The lowest BCUT2D eigenvalue weighted by Gasteiger charge is -2.25. The van der Waals surface area contributed by atoms with Gasteiger partial charge in [0.15, 0.2) is 0 Å². The van der Waals surface area contributed by atoms with Gasteiger partial charge in [0.2, 0.25) is 0 Å². The van der Waals surface area contributed by atoms with Crippen molar-refractivity contribution in [1.29, 1.82) is 0 Å². The molecule has 0 saturated carbocycles. The molecule has 1 atom stereocenters. The fraction of sp³-hybridized carbons (Fsp3) is 0.143. The number of aliphatic hydroxyl groups is 1. The van der Waals surface area contributed by atoms with E-state index >= 15 is 0 Å². The Hall–Kier alpha value is -4.44. The molecule has 0 radical (unpaired) electrons. The van der Waals surface area contributed by atoms with E-state index < -0.39 is 28.4 Å². The number of aliphatic hydroxyl groups excluding tert-OH is 1. The molecule has 9 nitrogen and oxygen atoms in total. The number of non-ortho nitro benzene ring substituents is 1. The van der Waals surface area contributed by atoms with Crippen LogP contribution in [0.1, 0.15) is 22.7 Å². The maximum absolute atomic E-state index is 13.3. The molecule has 192 valence electrons. The average Bonchev–Trinajstić information content (AvgIpc) is 3.44. The zero-order chi connectivity index (χ0) is 27.0. The molecule has 1 aliphatic rings. The van der Waals surface area contributed by atoms with Crippen LogP contribution in [-0.4, -0.2) is 45.3 Å². The number of nitro groups is 1. The number of nitrogens with zero attached hydrogens (tertiary/aromatic N) is 2. The van der Waals surface area contributed by atoms with E-state index in [2.05, 4.69) is 20.9 Å². The molecule has 1 saturated heterocycles. The van der Waals surface area contributed by atoms with Crippen molar-refractivity contribution in [3.05, 3.63) is 110 Å². The molecule has 1 unspecified atom stereocenters. The van der Waals surface area contributed by atoms with E-state index in [4.69, 9.17) is 4.74 Å². The topological polar surface area (TPSA) is 126 Å². The van der Waals surface area contributed by atoms with Crippen LogP contribution in [-0.2, 0) is 16.0 Å². The summed E-state index contributed by atoms with van der Waals surface area (Å²) in [5, 5.41) is 23.4. The minimum Gasteiger partial charge on any atom is -0.507 e. The van der Waals surface area contributed by atoms with Crippen molar-refractivity contribution in [3.8, 4) is 5.75 Å². The lowest BCUT2D eigenvalue weighted by Crippen LogP contribution is -2.31. The van der Waals surface area contributed by atoms with Gasteiger partial charge in [-0.1, -0.05) is 40.2 Å². The molecule has 4 aromatic rings. The SMILES string of the molecule is COc1ccc2[nH]cc(CCN3C(=O)C(=O)/C(=C(\O)c4cccc([N+](=O)[O-])c4)C3c3cccc(Br)c3)c2c1. The van der Waals surface area contributed by atoms with Gasteiger partial charge in [0.05, 0.1) is 23.6 Å². The van der Waals surface area contributed by atoms with E-state index in [0.29, 0.717) is 17.7 Å². The van der Waals surface area contributed by atoms with Crippen LogP contribution in [0.15, 0.2) is 83.0 Å². The van der Waals surface area contributed by atoms with Gasteiger partial charge in [-0.3, -0.25) is 19.7 Å². The van der Waals surface area contributed by atoms with Crippen molar-refractivity contribution in [2.45, 2.75) is 12.5 Å². The number of fused-ring (bicyclic) bond motifs is 1. The van der Waals surface area contributed by atoms with E-state index in [9.17, 15) is 24.8 Å². The summed E-state index contributed by atoms with van der Waals surface area (Å²) in [5.74, 6) is -1.36. The van der Waals surface area contributed by atoms with Gasteiger partial charge in [-0.05, 0) is 47.9 Å². The number of likely N-dealkylation sites (tertiary alicyclic amines) is 1. The first-order chi connectivity index (χ1) is 18.3. The summed E-state index contributed by atoms with van der Waals surface area (Å²) in [6.07, 6.45) is 2.29. The van der Waals surface area contributed by atoms with E-state index in [1.54, 1.807) is 25.3 Å². The van der Waals surface area contributed by atoms with Gasteiger partial charge in [0, 0.05) is 45.8 Å². The number of hydrogen-bond acceptors (Lipinski definition) is 6. The highest BCUT2D eigenvalue weighted by Crippen LogP contribution is 2.40. The number of aromatic amines is 1. The lowest BCUT2D eigenvalue weighted by molar-refractivity contribution is -0.384. The number of aromatic nitrogens is 1. The third-order valence-electron chi connectivity index (χ3n) is 6.63. The summed E-state index contributed by atoms with van der Waals surface area (Å²) in [6.45, 7) is 0.192. The first-order valence-electron chi connectivity index (χ1n) is 11.7. The number of halogens is 1. The van der Waals surface area contributed by atoms with Crippen molar-refractivity contribution in [2.24, 2.45) is 0 Å². The number of rotatable bonds is 7. The molecule has 2 N–H and O–H groups in total. The number of methoxy groups -OCH3 is 1. The number of ether oxygens (including phenoxy) is 1. The van der Waals surface area contributed by atoms with E-state index in [-0.39, 0.29) is 23.4 Å². The van der Waals surface area contributed by atoms with E-state index in [1.807, 2.05) is 30.5 Å². The van der Waals surface area contributed by atoms with Gasteiger partial charge in [-0.25, -0.2) is 0 Å². The normalized spacial score (nSPS) is 16.8. The molecule has 1 amide bonds. The number of benzene rings is 3. The second-order valence-corrected chi connectivity index (χ2v) is 9.75. The smallest absolute Gasteiger partial charge is 0.295 e. The monoisotopic (exact) mass is 575 g/mol. The van der Waals surface area contributed by atoms with Crippen molar-refractivity contribution in [1.82, 2.24) is 9.88 Å². The average molecular weight is 576 g/mol. The molecule has 0 aliphatic carbocycles. The Bertz CT molecular complexity index is 1630. The number of amides is 1. The summed E-state index contributed by atoms with van der Waals surface area (Å²) >= 11 is 3.44. The molecule has 0 bridgehead atoms. The van der Waals surface area contributed by atoms with Crippen molar-refractivity contribution in [3.63, 3.8) is 0 Å². The Morgan fingerprint density at radius 2 is 1.92 bits per heavy atom. The molecular formula is C28H22BrN3O6. The second-order valence-electron chi connectivity index (χ2n) is 8.83. The Morgan fingerprint density at radius 3 is 2.66 bits per heavy atom. The lowest BCUT2D eigenvalue weighted by atomic mass is 9.95. The quantitative estimate of drug-likeness (QED) is 0.0983. The number of carbonyl (C=O) groups is 2. The Labute approximate surface area is 225 Å². The van der Waals surface area contributed by atoms with Crippen molar-refractivity contribution < 1.29 is 24.4 Å². The zero-order valence-corrected chi connectivity index (χ0v) is 21.8. The first kappa shape index (κ1) is 25.2. The molecular weight excluding hydrogens is 554 g/mol. The molecule has 3 aromatic carbocycles. The van der Waals surface area contributed by atoms with Crippen LogP contribution in [0.25, 0.3) is 16.7 Å². The molecule has 1 fully saturated rings. The van der Waals surface area contributed by atoms with Crippen molar-refractivity contribution in [2.75, 3.05) is 13.7 Å². The number of nitrogens with one attached hydrogen (secondary N) is 1. The van der Waals surface area contributed by atoms with Crippen LogP contribution < -0.4 is 4.74 Å². The van der Waals surface area contributed by atoms with Gasteiger partial charge >= 0.3 is 0 Å². The van der Waals surface area contributed by atoms with Crippen LogP contribution in [0.3, 0.4) is 0 Å². The highest BCUT2D eigenvalue weighted by Gasteiger charge is 2.46. The first-order valence-corrected chi connectivity index (χ1v) is 12.5. The van der Waals surface area contributed by atoms with Gasteiger partial charge in [0.25, 0.3) is 17.4 Å². The highest BCUT2D eigenvalue weighted by molar-refractivity contribution is 9.10. The zero-order valence-electron chi connectivity index (χ0n) is 20.2. The predicted octanol–water partition coefficient (Wildman–Crippen LogP) is 5.51. The third-order valence-corrected chi connectivity index (χ3v) is 7.12. The minimum absolute atomic E-state index is 0.0842. The van der Waals surface area contributed by atoms with Crippen LogP contribution in [0, 0.1) is 10.1 Å². The van der Waals surface area contributed by atoms with Crippen molar-refractivity contribution >= 4 is 50.0 Å². The summed E-state index contributed by atoms with van der Waals surface area (Å²) in [4.78, 5) is 41.9. The number of Topliss-reactive ketones (excluding diaryl/α,β-unsaturated/α-hetero) is 1. The van der Waals surface area contributed by atoms with Gasteiger partial charge in [-0.15, -0.1) is 0 Å². The molecule has 38 heavy (non-hydrogen) atoms. The van der Waals surface area contributed by atoms with Crippen LogP contribution in [0.2, 0.25) is 0 Å². The van der Waals surface area contributed by atoms with Crippen LogP contribution in [0.5, 0.6) is 5.75 Å². The Kier molecular flexibility index (Phi) is 6.73. The summed E-state index contributed by atoms with van der Waals surface area (Å²) < 4.78 is 6.08. The number of hydrogen-bond donors (Lipinski definition) is 2. The number of ketones is 1. The predicted molar refractivity (Wildman–Crippen MR) is 145 cm³/mol. The summed E-state index contributed by atoms with van der Waals surface area (Å²) in [5.41, 5.74) is 2.20. The molecule has 1 aromatic heterocycles. The molecule has 10 heteroatoms. The number of carbonyl (C=O) groups excluding carboxylic acids is 2. The van der Waals surface area contributed by atoms with Gasteiger partial charge in [-0.2, -0.15) is 0 Å². The molecule has 2 heterocycles. The number of nitro benzene ring substituents is 1. The van der Waals surface area contributed by atoms with Gasteiger partial charge < -0.3 is 19.7 Å². The second kappa shape index (κ2) is 10.1. The standard InChI is InChI=1S/C28H22BrN3O6/c1-38-21-8-9-23-22(14-21)18(15-30-23)10-11-31-25(16-4-2-6-19(29)12-16)24(27(34)28(31)35)26(33)17-5-3-7-20(13-17)32(36)37/h2-9,12-15,25,30,33H,10-11H2,1H3/b26-24-. The maximum atomic E-state index is 13.3. The molecule has 0 spiro atoms. The number of H-pyrrole nitrogens is 1. The fourth-order valence-corrected chi connectivity index (χ4v) is 5.21. The van der Waals surface area contributed by atoms with Gasteiger partial charge in [0.1, 0.15) is 11.5 Å². The summed E-state index contributed by atoms with van der Waals surface area (Å²) in [6, 6.07) is 17.3. The summed E-state index contributed by atoms with van der Waals surface area (Å²) in [7, 11) is 1.59. The van der Waals surface area contributed by atoms with E-state index in [1.165, 1.54) is 29.2 Å². The van der Waals surface area contributed by atoms with E-state index in [0.717, 1.165) is 20.9 Å². The highest BCUT2D eigenvalue weighted by atomic mass is 79.9. The molecule has 5 rings (SSSR count). The van der Waals surface area contributed by atoms with Crippen LogP contribution in [0.4, 0.5) is 5.69 Å². The Balaban J connectivity index is 1.57. The third kappa shape index (κ3) is 4.54. The van der Waals surface area contributed by atoms with Crippen LogP contribution >= 0.6 is 15.9 Å².